The van der Waals surface area contributed by atoms with E-state index in [4.69, 9.17) is 11.5 Å². The maximum atomic E-state index is 5.79. The summed E-state index contributed by atoms with van der Waals surface area (Å²) in [5, 5.41) is 8.30. The monoisotopic (exact) mass is 231 g/mol. The van der Waals surface area contributed by atoms with Crippen LogP contribution in [-0.2, 0) is 0 Å². The second-order valence-corrected chi connectivity index (χ2v) is 4.42. The summed E-state index contributed by atoms with van der Waals surface area (Å²) in [6.07, 6.45) is 0. The highest BCUT2D eigenvalue weighted by Crippen LogP contribution is 2.26. The van der Waals surface area contributed by atoms with Crippen LogP contribution < -0.4 is 11.5 Å². The first-order valence-electron chi connectivity index (χ1n) is 5.57. The average Bonchev–Trinajstić information content (AvgIpc) is 2.58. The molecule has 1 heterocycles. The third-order valence-corrected chi connectivity index (χ3v) is 2.62. The summed E-state index contributed by atoms with van der Waals surface area (Å²) >= 11 is 0. The molecule has 0 amide bonds. The number of rotatable bonds is 2. The van der Waals surface area contributed by atoms with Crippen LogP contribution in [0.25, 0.3) is 11.4 Å². The number of hydrogen-bond acceptors (Lipinski definition) is 4. The van der Waals surface area contributed by atoms with Gasteiger partial charge in [0.05, 0.1) is 0 Å². The van der Waals surface area contributed by atoms with Crippen LogP contribution in [0.15, 0.2) is 18.2 Å². The highest BCUT2D eigenvalue weighted by Gasteiger charge is 2.14. The van der Waals surface area contributed by atoms with Gasteiger partial charge in [-0.15, -0.1) is 10.2 Å². The Labute approximate surface area is 100 Å². The van der Waals surface area contributed by atoms with Crippen molar-refractivity contribution >= 4 is 11.4 Å². The molecule has 1 aromatic carbocycles. The van der Waals surface area contributed by atoms with Gasteiger partial charge in [0.15, 0.2) is 5.82 Å². The minimum atomic E-state index is 0.294. The minimum absolute atomic E-state index is 0.294. The van der Waals surface area contributed by atoms with E-state index < -0.39 is 0 Å². The van der Waals surface area contributed by atoms with E-state index in [1.54, 1.807) is 6.07 Å². The van der Waals surface area contributed by atoms with Gasteiger partial charge in [0, 0.05) is 23.0 Å². The fourth-order valence-electron chi connectivity index (χ4n) is 1.99. The number of anilines is 2. The highest BCUT2D eigenvalue weighted by molar-refractivity contribution is 5.68. The first-order valence-corrected chi connectivity index (χ1v) is 5.57. The second kappa shape index (κ2) is 4.08. The summed E-state index contributed by atoms with van der Waals surface area (Å²) < 4.78 is 2.06. The number of aryl methyl sites for hydroxylation is 1. The summed E-state index contributed by atoms with van der Waals surface area (Å²) in [6, 6.07) is 5.74. The molecule has 17 heavy (non-hydrogen) atoms. The Morgan fingerprint density at radius 1 is 1.06 bits per heavy atom. The summed E-state index contributed by atoms with van der Waals surface area (Å²) in [4.78, 5) is 0. The van der Waals surface area contributed by atoms with Gasteiger partial charge in [-0.3, -0.25) is 0 Å². The van der Waals surface area contributed by atoms with Gasteiger partial charge in [-0.1, -0.05) is 0 Å². The fourth-order valence-corrected chi connectivity index (χ4v) is 1.99. The van der Waals surface area contributed by atoms with Crippen LogP contribution in [0.5, 0.6) is 0 Å². The van der Waals surface area contributed by atoms with Crippen molar-refractivity contribution in [1.29, 1.82) is 0 Å². The molecule has 90 valence electrons. The lowest BCUT2D eigenvalue weighted by Gasteiger charge is -2.13. The predicted molar refractivity (Wildman–Crippen MR) is 69.4 cm³/mol. The molecule has 2 aromatic rings. The van der Waals surface area contributed by atoms with E-state index in [9.17, 15) is 0 Å². The molecule has 0 saturated carbocycles. The smallest absolute Gasteiger partial charge is 0.164 e. The molecule has 0 aliphatic carbocycles. The van der Waals surface area contributed by atoms with Gasteiger partial charge >= 0.3 is 0 Å². The first kappa shape index (κ1) is 11.4. The Balaban J connectivity index is 2.60. The minimum Gasteiger partial charge on any atom is -0.399 e. The van der Waals surface area contributed by atoms with Gasteiger partial charge in [-0.25, -0.2) is 0 Å². The van der Waals surface area contributed by atoms with Crippen molar-refractivity contribution < 1.29 is 0 Å². The van der Waals surface area contributed by atoms with E-state index in [-0.39, 0.29) is 0 Å². The number of nitrogens with zero attached hydrogens (tertiary/aromatic N) is 3. The molecule has 0 atom stereocenters. The lowest BCUT2D eigenvalue weighted by atomic mass is 10.1. The van der Waals surface area contributed by atoms with Gasteiger partial charge in [0.2, 0.25) is 0 Å². The van der Waals surface area contributed by atoms with Crippen LogP contribution in [0.2, 0.25) is 0 Å². The lowest BCUT2D eigenvalue weighted by molar-refractivity contribution is 0.587. The molecule has 0 radical (unpaired) electrons. The topological polar surface area (TPSA) is 82.8 Å². The SMILES string of the molecule is Cc1nnc(-c2cc(N)cc(N)c2)n1C(C)C. The second-order valence-electron chi connectivity index (χ2n) is 4.42. The lowest BCUT2D eigenvalue weighted by Crippen LogP contribution is -2.05. The quantitative estimate of drug-likeness (QED) is 0.774. The maximum Gasteiger partial charge on any atom is 0.164 e. The zero-order valence-corrected chi connectivity index (χ0v) is 10.3. The molecule has 0 spiro atoms. The van der Waals surface area contributed by atoms with Gasteiger partial charge < -0.3 is 16.0 Å². The Kier molecular flexibility index (Phi) is 2.75. The van der Waals surface area contributed by atoms with E-state index in [2.05, 4.69) is 28.6 Å². The Morgan fingerprint density at radius 2 is 1.65 bits per heavy atom. The normalized spacial score (nSPS) is 11.1. The third kappa shape index (κ3) is 2.08. The van der Waals surface area contributed by atoms with E-state index in [0.29, 0.717) is 17.4 Å². The predicted octanol–water partition coefficient (Wildman–Crippen LogP) is 2.00. The van der Waals surface area contributed by atoms with Crippen molar-refractivity contribution in [1.82, 2.24) is 14.8 Å². The zero-order valence-electron chi connectivity index (χ0n) is 10.3. The van der Waals surface area contributed by atoms with Gasteiger partial charge in [0.25, 0.3) is 0 Å². The van der Waals surface area contributed by atoms with Crippen molar-refractivity contribution in [2.45, 2.75) is 26.8 Å². The molecule has 5 heteroatoms. The van der Waals surface area contributed by atoms with Crippen molar-refractivity contribution in [3.05, 3.63) is 24.0 Å². The summed E-state index contributed by atoms with van der Waals surface area (Å²) in [5.41, 5.74) is 13.8. The molecule has 2 rings (SSSR count). The largest absolute Gasteiger partial charge is 0.399 e. The Hall–Kier alpha value is -2.04. The number of nitrogens with two attached hydrogens (primary N) is 2. The van der Waals surface area contributed by atoms with Gasteiger partial charge in [-0.2, -0.15) is 0 Å². The summed E-state index contributed by atoms with van der Waals surface area (Å²) in [6.45, 7) is 6.12. The van der Waals surface area contributed by atoms with Crippen LogP contribution in [0.3, 0.4) is 0 Å². The number of benzene rings is 1. The van der Waals surface area contributed by atoms with Crippen LogP contribution >= 0.6 is 0 Å². The first-order chi connectivity index (χ1) is 7.99. The van der Waals surface area contributed by atoms with Crippen LogP contribution in [0.1, 0.15) is 25.7 Å². The molecule has 5 nitrogen and oxygen atoms in total. The van der Waals surface area contributed by atoms with Gasteiger partial charge in [-0.05, 0) is 39.0 Å². The standard InChI is InChI=1S/C12H17N5/c1-7(2)17-8(3)15-16-12(17)9-4-10(13)6-11(14)5-9/h4-7H,13-14H2,1-3H3. The molecule has 1 aromatic heterocycles. The molecule has 0 aliphatic rings. The van der Waals surface area contributed by atoms with Crippen LogP contribution in [0.4, 0.5) is 11.4 Å². The maximum absolute atomic E-state index is 5.79. The molecule has 0 bridgehead atoms. The molecule has 0 fully saturated rings. The van der Waals surface area contributed by atoms with Gasteiger partial charge in [0.1, 0.15) is 5.82 Å². The van der Waals surface area contributed by atoms with Crippen molar-refractivity contribution in [2.75, 3.05) is 11.5 Å². The third-order valence-electron chi connectivity index (χ3n) is 2.62. The van der Waals surface area contributed by atoms with Crippen molar-refractivity contribution in [3.8, 4) is 11.4 Å². The number of hydrogen-bond donors (Lipinski definition) is 2. The van der Waals surface area contributed by atoms with E-state index in [1.165, 1.54) is 0 Å². The molecular formula is C12H17N5. The average molecular weight is 231 g/mol. The fraction of sp³-hybridized carbons (Fsp3) is 0.333. The highest BCUT2D eigenvalue weighted by atomic mass is 15.3. The van der Waals surface area contributed by atoms with Crippen LogP contribution in [0, 0.1) is 6.92 Å². The van der Waals surface area contributed by atoms with E-state index >= 15 is 0 Å². The summed E-state index contributed by atoms with van der Waals surface area (Å²) in [7, 11) is 0. The Morgan fingerprint density at radius 3 is 2.18 bits per heavy atom. The van der Waals surface area contributed by atoms with E-state index in [1.807, 2.05) is 19.1 Å². The van der Waals surface area contributed by atoms with E-state index in [0.717, 1.165) is 17.2 Å². The van der Waals surface area contributed by atoms with Crippen molar-refractivity contribution in [2.24, 2.45) is 0 Å². The van der Waals surface area contributed by atoms with Crippen molar-refractivity contribution in [3.63, 3.8) is 0 Å². The molecule has 0 aliphatic heterocycles. The zero-order chi connectivity index (χ0) is 12.6. The molecule has 0 unspecified atom stereocenters. The summed E-state index contributed by atoms with van der Waals surface area (Å²) in [5.74, 6) is 1.69. The molecular weight excluding hydrogens is 214 g/mol. The van der Waals surface area contributed by atoms with Crippen LogP contribution in [-0.4, -0.2) is 14.8 Å². The Bertz CT molecular complexity index is 522. The number of aromatic nitrogens is 3. The molecule has 0 saturated heterocycles. The number of nitrogen functional groups attached to an aromatic ring is 2. The molecule has 4 N–H and O–H groups in total.